The van der Waals surface area contributed by atoms with Gasteiger partial charge in [-0.15, -0.1) is 0 Å². The summed E-state index contributed by atoms with van der Waals surface area (Å²) in [6.07, 6.45) is -10.2. The molecular formula is C19H14F4N2O6S. The number of anilines is 1. The normalized spacial score (nSPS) is 16.6. The molecule has 0 saturated carbocycles. The zero-order valence-corrected chi connectivity index (χ0v) is 17.2. The van der Waals surface area contributed by atoms with Crippen molar-refractivity contribution in [2.45, 2.75) is 17.1 Å². The number of furan rings is 1. The van der Waals surface area contributed by atoms with Crippen molar-refractivity contribution < 1.29 is 44.7 Å². The smallest absolute Gasteiger partial charge is 0.451 e. The summed E-state index contributed by atoms with van der Waals surface area (Å²) in [4.78, 5) is 13.3. The zero-order valence-electron chi connectivity index (χ0n) is 16.4. The van der Waals surface area contributed by atoms with Gasteiger partial charge in [-0.3, -0.25) is 4.79 Å². The van der Waals surface area contributed by atoms with E-state index < -0.39 is 44.5 Å². The Labute approximate surface area is 178 Å². The van der Waals surface area contributed by atoms with E-state index in [2.05, 4.69) is 9.47 Å². The molecule has 2 heterocycles. The standard InChI is InChI=1S/C19H14F4N2O6S/c1-25(2)11-7-6-10-8-14(29-13(10)9-11)17(26)24-32(27,28)15-5-3-4-12-16(15)31-19(22,23)18(20,21)30-12/h3-9H,1-2H3,(H,24,26). The first kappa shape index (κ1) is 21.7. The predicted molar refractivity (Wildman–Crippen MR) is 103 cm³/mol. The van der Waals surface area contributed by atoms with Gasteiger partial charge in [0.1, 0.15) is 10.5 Å². The Morgan fingerprint density at radius 3 is 2.38 bits per heavy atom. The number of ether oxygens (including phenoxy) is 2. The fraction of sp³-hybridized carbons (Fsp3) is 0.211. The molecule has 0 atom stereocenters. The first-order valence-corrected chi connectivity index (χ1v) is 10.3. The van der Waals surface area contributed by atoms with Crippen LogP contribution < -0.4 is 19.1 Å². The Hall–Kier alpha value is -3.48. The molecule has 1 aromatic heterocycles. The van der Waals surface area contributed by atoms with Crippen LogP contribution >= 0.6 is 0 Å². The number of carbonyl (C=O) groups is 1. The van der Waals surface area contributed by atoms with Gasteiger partial charge in [-0.05, 0) is 30.3 Å². The number of para-hydroxylation sites is 1. The van der Waals surface area contributed by atoms with Crippen molar-refractivity contribution in [3.63, 3.8) is 0 Å². The highest BCUT2D eigenvalue weighted by Crippen LogP contribution is 2.49. The molecular weight excluding hydrogens is 460 g/mol. The van der Waals surface area contributed by atoms with Gasteiger partial charge in [0.2, 0.25) is 0 Å². The highest BCUT2D eigenvalue weighted by atomic mass is 32.2. The Morgan fingerprint density at radius 2 is 1.69 bits per heavy atom. The van der Waals surface area contributed by atoms with E-state index in [1.54, 1.807) is 41.9 Å². The molecule has 0 saturated heterocycles. The molecule has 1 aliphatic rings. The van der Waals surface area contributed by atoms with Crippen LogP contribution in [-0.2, 0) is 10.0 Å². The van der Waals surface area contributed by atoms with E-state index in [0.29, 0.717) is 11.0 Å². The molecule has 0 fully saturated rings. The summed E-state index contributed by atoms with van der Waals surface area (Å²) < 4.78 is 94.1. The number of hydrogen-bond acceptors (Lipinski definition) is 7. The summed E-state index contributed by atoms with van der Waals surface area (Å²) in [7, 11) is -1.27. The minimum absolute atomic E-state index is 0.300. The number of hydrogen-bond donors (Lipinski definition) is 1. The molecule has 0 spiro atoms. The van der Waals surface area contributed by atoms with Crippen molar-refractivity contribution >= 4 is 32.6 Å². The zero-order chi connectivity index (χ0) is 23.5. The lowest BCUT2D eigenvalue weighted by Crippen LogP contribution is -2.52. The van der Waals surface area contributed by atoms with Crippen LogP contribution in [0.3, 0.4) is 0 Å². The van der Waals surface area contributed by atoms with Gasteiger partial charge in [-0.1, -0.05) is 6.07 Å². The second kappa shape index (κ2) is 7.02. The molecule has 0 unspecified atom stereocenters. The van der Waals surface area contributed by atoms with Crippen LogP contribution in [0.2, 0.25) is 0 Å². The molecule has 1 aliphatic heterocycles. The summed E-state index contributed by atoms with van der Waals surface area (Å²) >= 11 is 0. The molecule has 0 aliphatic carbocycles. The molecule has 2 aromatic carbocycles. The fourth-order valence-electron chi connectivity index (χ4n) is 2.91. The van der Waals surface area contributed by atoms with Crippen LogP contribution in [0.5, 0.6) is 11.5 Å². The number of alkyl halides is 4. The number of carbonyl (C=O) groups excluding carboxylic acids is 1. The first-order valence-electron chi connectivity index (χ1n) is 8.85. The van der Waals surface area contributed by atoms with E-state index in [1.165, 1.54) is 6.07 Å². The van der Waals surface area contributed by atoms with Gasteiger partial charge in [0, 0.05) is 31.2 Å². The summed E-state index contributed by atoms with van der Waals surface area (Å²) in [6.45, 7) is 0. The molecule has 0 bridgehead atoms. The van der Waals surface area contributed by atoms with Crippen molar-refractivity contribution in [2.75, 3.05) is 19.0 Å². The van der Waals surface area contributed by atoms with Crippen molar-refractivity contribution in [1.82, 2.24) is 4.72 Å². The van der Waals surface area contributed by atoms with E-state index in [0.717, 1.165) is 23.9 Å². The molecule has 32 heavy (non-hydrogen) atoms. The van der Waals surface area contributed by atoms with Gasteiger partial charge >= 0.3 is 18.1 Å². The van der Waals surface area contributed by atoms with Gasteiger partial charge in [-0.2, -0.15) is 17.6 Å². The number of halogens is 4. The molecule has 4 rings (SSSR count). The number of benzene rings is 2. The van der Waals surface area contributed by atoms with Crippen LogP contribution in [0.1, 0.15) is 10.6 Å². The van der Waals surface area contributed by atoms with Crippen LogP contribution in [0, 0.1) is 0 Å². The van der Waals surface area contributed by atoms with Crippen molar-refractivity contribution in [3.05, 3.63) is 48.2 Å². The molecule has 1 N–H and O–H groups in total. The molecule has 13 heteroatoms. The Bertz CT molecular complexity index is 1340. The number of amides is 1. The summed E-state index contributed by atoms with van der Waals surface area (Å²) in [5.41, 5.74) is 1.06. The summed E-state index contributed by atoms with van der Waals surface area (Å²) in [6, 6.07) is 8.89. The summed E-state index contributed by atoms with van der Waals surface area (Å²) in [5.74, 6) is -3.68. The highest BCUT2D eigenvalue weighted by Gasteiger charge is 2.66. The molecule has 0 radical (unpaired) electrons. The highest BCUT2D eigenvalue weighted by molar-refractivity contribution is 7.90. The number of rotatable bonds is 4. The van der Waals surface area contributed by atoms with Crippen molar-refractivity contribution in [2.24, 2.45) is 0 Å². The number of sulfonamides is 1. The second-order valence-electron chi connectivity index (χ2n) is 6.98. The average molecular weight is 474 g/mol. The topological polar surface area (TPSA) is 98.1 Å². The minimum atomic E-state index is -5.14. The largest absolute Gasteiger partial charge is 0.507 e. The lowest BCUT2D eigenvalue weighted by Gasteiger charge is -2.32. The second-order valence-corrected chi connectivity index (χ2v) is 8.63. The third-order valence-electron chi connectivity index (χ3n) is 4.51. The van der Waals surface area contributed by atoms with E-state index in [-0.39, 0.29) is 5.76 Å². The van der Waals surface area contributed by atoms with Gasteiger partial charge < -0.3 is 18.8 Å². The van der Waals surface area contributed by atoms with Crippen LogP contribution in [-0.4, -0.2) is 40.6 Å². The van der Waals surface area contributed by atoms with Gasteiger partial charge in [0.05, 0.1) is 0 Å². The molecule has 3 aromatic rings. The summed E-state index contributed by atoms with van der Waals surface area (Å²) in [5, 5.41) is 0.508. The number of nitrogens with one attached hydrogen (secondary N) is 1. The number of nitrogens with zero attached hydrogens (tertiary/aromatic N) is 1. The monoisotopic (exact) mass is 474 g/mol. The molecule has 170 valence electrons. The van der Waals surface area contributed by atoms with Crippen LogP contribution in [0.4, 0.5) is 23.2 Å². The van der Waals surface area contributed by atoms with Gasteiger partial charge in [-0.25, -0.2) is 13.1 Å². The minimum Gasteiger partial charge on any atom is -0.451 e. The lowest BCUT2D eigenvalue weighted by molar-refractivity contribution is -0.392. The number of fused-ring (bicyclic) bond motifs is 2. The Balaban J connectivity index is 1.66. The molecule has 8 nitrogen and oxygen atoms in total. The SMILES string of the molecule is CN(C)c1ccc2cc(C(=O)NS(=O)(=O)c3cccc4c3OC(F)(F)C(F)(F)O4)oc2c1. The Kier molecular flexibility index (Phi) is 4.77. The maximum absolute atomic E-state index is 13.6. The maximum atomic E-state index is 13.6. The predicted octanol–water partition coefficient (Wildman–Crippen LogP) is 3.57. The van der Waals surface area contributed by atoms with E-state index in [9.17, 15) is 30.8 Å². The van der Waals surface area contributed by atoms with Crippen LogP contribution in [0.15, 0.2) is 51.8 Å². The van der Waals surface area contributed by atoms with Gasteiger partial charge in [0.15, 0.2) is 17.3 Å². The Morgan fingerprint density at radius 1 is 1.00 bits per heavy atom. The van der Waals surface area contributed by atoms with Crippen molar-refractivity contribution in [1.29, 1.82) is 0 Å². The quantitative estimate of drug-likeness (QED) is 0.578. The van der Waals surface area contributed by atoms with E-state index in [1.807, 2.05) is 0 Å². The first-order chi connectivity index (χ1) is 14.8. The van der Waals surface area contributed by atoms with Crippen molar-refractivity contribution in [3.8, 4) is 11.5 Å². The van der Waals surface area contributed by atoms with E-state index >= 15 is 0 Å². The van der Waals surface area contributed by atoms with E-state index in [4.69, 9.17) is 4.42 Å². The lowest BCUT2D eigenvalue weighted by atomic mass is 10.2. The van der Waals surface area contributed by atoms with Crippen LogP contribution in [0.25, 0.3) is 11.0 Å². The third kappa shape index (κ3) is 3.57. The average Bonchev–Trinajstić information content (AvgIpc) is 3.11. The third-order valence-corrected chi connectivity index (χ3v) is 5.87. The van der Waals surface area contributed by atoms with Gasteiger partial charge in [0.25, 0.3) is 10.0 Å². The fourth-order valence-corrected chi connectivity index (χ4v) is 4.01. The maximum Gasteiger partial charge on any atom is 0.507 e. The molecule has 1 amide bonds.